The van der Waals surface area contributed by atoms with Crippen molar-refractivity contribution in [2.24, 2.45) is 5.92 Å². The second-order valence-electron chi connectivity index (χ2n) is 4.67. The Kier molecular flexibility index (Phi) is 3.33. The molecule has 1 N–H and O–H groups in total. The lowest BCUT2D eigenvalue weighted by Crippen LogP contribution is -2.25. The van der Waals surface area contributed by atoms with Crippen LogP contribution in [0.3, 0.4) is 0 Å². The predicted molar refractivity (Wildman–Crippen MR) is 68.3 cm³/mol. The Hall–Kier alpha value is -1.55. The lowest BCUT2D eigenvalue weighted by atomic mass is 10.1. The van der Waals surface area contributed by atoms with E-state index in [0.29, 0.717) is 13.0 Å². The normalized spacial score (nSPS) is 19.8. The van der Waals surface area contributed by atoms with Gasteiger partial charge >= 0.3 is 0 Å². The van der Waals surface area contributed by atoms with Crippen molar-refractivity contribution >= 4 is 17.3 Å². The van der Waals surface area contributed by atoms with Gasteiger partial charge in [-0.05, 0) is 18.2 Å². The number of amides is 1. The molecule has 2 rings (SSSR count). The van der Waals surface area contributed by atoms with E-state index in [9.17, 15) is 4.79 Å². The van der Waals surface area contributed by atoms with Crippen LogP contribution in [0.5, 0.6) is 0 Å². The second kappa shape index (κ2) is 4.75. The molecule has 17 heavy (non-hydrogen) atoms. The van der Waals surface area contributed by atoms with Crippen LogP contribution < -0.4 is 9.80 Å². The Morgan fingerprint density at radius 2 is 2.24 bits per heavy atom. The van der Waals surface area contributed by atoms with E-state index in [1.54, 1.807) is 4.90 Å². The van der Waals surface area contributed by atoms with Crippen LogP contribution in [-0.2, 0) is 4.79 Å². The van der Waals surface area contributed by atoms with Crippen LogP contribution in [0.25, 0.3) is 0 Å². The molecule has 1 aliphatic heterocycles. The fraction of sp³-hybridized carbons (Fsp3) is 0.462. The summed E-state index contributed by atoms with van der Waals surface area (Å²) < 4.78 is 0. The van der Waals surface area contributed by atoms with Crippen molar-refractivity contribution in [3.8, 4) is 0 Å². The van der Waals surface area contributed by atoms with Crippen LogP contribution in [0, 0.1) is 5.92 Å². The van der Waals surface area contributed by atoms with E-state index in [2.05, 4.69) is 0 Å². The molecular weight excluding hydrogens is 216 g/mol. The minimum atomic E-state index is 0.0745. The summed E-state index contributed by atoms with van der Waals surface area (Å²) in [6.07, 6.45) is 0.447. The van der Waals surface area contributed by atoms with Gasteiger partial charge in [0.15, 0.2) is 0 Å². The van der Waals surface area contributed by atoms with E-state index < -0.39 is 0 Å². The van der Waals surface area contributed by atoms with Gasteiger partial charge in [-0.3, -0.25) is 4.79 Å². The minimum absolute atomic E-state index is 0.0745. The summed E-state index contributed by atoms with van der Waals surface area (Å²) in [5.41, 5.74) is 1.99. The maximum absolute atomic E-state index is 11.8. The third-order valence-corrected chi connectivity index (χ3v) is 3.12. The highest BCUT2D eigenvalue weighted by Crippen LogP contribution is 2.27. The van der Waals surface area contributed by atoms with Gasteiger partial charge in [0.05, 0.1) is 0 Å². The molecule has 0 bridgehead atoms. The van der Waals surface area contributed by atoms with Gasteiger partial charge in [0.25, 0.3) is 0 Å². The number of hydrogen-bond acceptors (Lipinski definition) is 3. The zero-order chi connectivity index (χ0) is 12.4. The van der Waals surface area contributed by atoms with Crippen molar-refractivity contribution in [2.45, 2.75) is 6.42 Å². The van der Waals surface area contributed by atoms with Crippen molar-refractivity contribution in [3.05, 3.63) is 24.3 Å². The van der Waals surface area contributed by atoms with Crippen molar-refractivity contribution in [1.82, 2.24) is 0 Å². The maximum atomic E-state index is 11.8. The highest BCUT2D eigenvalue weighted by Gasteiger charge is 2.30. The smallest absolute Gasteiger partial charge is 0.227 e. The van der Waals surface area contributed by atoms with Crippen LogP contribution in [0.4, 0.5) is 11.4 Å². The van der Waals surface area contributed by atoms with Gasteiger partial charge < -0.3 is 14.9 Å². The molecule has 4 heteroatoms. The highest BCUT2D eigenvalue weighted by atomic mass is 16.3. The number of nitrogens with zero attached hydrogens (tertiary/aromatic N) is 2. The van der Waals surface area contributed by atoms with Crippen molar-refractivity contribution in [3.63, 3.8) is 0 Å². The highest BCUT2D eigenvalue weighted by molar-refractivity contribution is 5.96. The average molecular weight is 234 g/mol. The van der Waals surface area contributed by atoms with Crippen LogP contribution in [0.2, 0.25) is 0 Å². The summed E-state index contributed by atoms with van der Waals surface area (Å²) in [5.74, 6) is 0.172. The molecule has 0 aliphatic carbocycles. The Labute approximate surface area is 101 Å². The fourth-order valence-electron chi connectivity index (χ4n) is 2.09. The molecule has 1 aliphatic rings. The Balaban J connectivity index is 2.22. The van der Waals surface area contributed by atoms with Gasteiger partial charge in [0.2, 0.25) is 5.91 Å². The van der Waals surface area contributed by atoms with Gasteiger partial charge in [0, 0.05) is 51.0 Å². The summed E-state index contributed by atoms with van der Waals surface area (Å²) in [5, 5.41) is 9.10. The third-order valence-electron chi connectivity index (χ3n) is 3.12. The topological polar surface area (TPSA) is 43.8 Å². The van der Waals surface area contributed by atoms with Gasteiger partial charge in [-0.2, -0.15) is 0 Å². The summed E-state index contributed by atoms with van der Waals surface area (Å²) in [4.78, 5) is 15.6. The van der Waals surface area contributed by atoms with E-state index >= 15 is 0 Å². The SMILES string of the molecule is CN(C)c1cccc(N2CC(CO)CC2=O)c1. The molecule has 1 amide bonds. The molecule has 1 atom stereocenters. The molecule has 1 aromatic carbocycles. The lowest BCUT2D eigenvalue weighted by Gasteiger charge is -2.19. The molecule has 1 heterocycles. The molecule has 1 fully saturated rings. The number of aliphatic hydroxyl groups is 1. The van der Waals surface area contributed by atoms with Crippen molar-refractivity contribution < 1.29 is 9.90 Å². The Morgan fingerprint density at radius 1 is 1.47 bits per heavy atom. The van der Waals surface area contributed by atoms with Gasteiger partial charge in [-0.25, -0.2) is 0 Å². The minimum Gasteiger partial charge on any atom is -0.396 e. The molecule has 4 nitrogen and oxygen atoms in total. The first-order valence-corrected chi connectivity index (χ1v) is 5.80. The van der Waals surface area contributed by atoms with E-state index in [4.69, 9.17) is 5.11 Å². The average Bonchev–Trinajstić information content (AvgIpc) is 2.71. The summed E-state index contributed by atoms with van der Waals surface area (Å²) in [6.45, 7) is 0.696. The largest absolute Gasteiger partial charge is 0.396 e. The first-order valence-electron chi connectivity index (χ1n) is 5.80. The van der Waals surface area contributed by atoms with Crippen molar-refractivity contribution in [1.29, 1.82) is 0 Å². The van der Waals surface area contributed by atoms with Crippen LogP contribution in [0.1, 0.15) is 6.42 Å². The van der Waals surface area contributed by atoms with Crippen molar-refractivity contribution in [2.75, 3.05) is 37.0 Å². The Bertz CT molecular complexity index is 418. The first kappa shape index (κ1) is 11.9. The predicted octanol–water partition coefficient (Wildman–Crippen LogP) is 1.10. The molecule has 1 unspecified atom stereocenters. The molecule has 0 saturated carbocycles. The molecule has 0 spiro atoms. The number of carbonyl (C=O) groups excluding carboxylic acids is 1. The number of benzene rings is 1. The number of rotatable bonds is 3. The lowest BCUT2D eigenvalue weighted by molar-refractivity contribution is -0.117. The molecule has 92 valence electrons. The first-order chi connectivity index (χ1) is 8.11. The number of aliphatic hydroxyl groups excluding tert-OH is 1. The summed E-state index contributed by atoms with van der Waals surface area (Å²) >= 11 is 0. The molecule has 1 saturated heterocycles. The zero-order valence-electron chi connectivity index (χ0n) is 10.3. The van der Waals surface area contributed by atoms with E-state index in [1.165, 1.54) is 0 Å². The Morgan fingerprint density at radius 3 is 2.82 bits per heavy atom. The van der Waals surface area contributed by atoms with Crippen LogP contribution >= 0.6 is 0 Å². The van der Waals surface area contributed by atoms with Gasteiger partial charge in [0.1, 0.15) is 0 Å². The maximum Gasteiger partial charge on any atom is 0.227 e. The van der Waals surface area contributed by atoms with Crippen LogP contribution in [-0.4, -0.2) is 38.3 Å². The standard InChI is InChI=1S/C13H18N2O2/c1-14(2)11-4-3-5-12(7-11)15-8-10(9-16)6-13(15)17/h3-5,7,10,16H,6,8-9H2,1-2H3. The second-order valence-corrected chi connectivity index (χ2v) is 4.67. The number of hydrogen-bond donors (Lipinski definition) is 1. The van der Waals surface area contributed by atoms with Gasteiger partial charge in [-0.1, -0.05) is 6.07 Å². The van der Waals surface area contributed by atoms with E-state index in [-0.39, 0.29) is 18.4 Å². The molecule has 1 aromatic rings. The van der Waals surface area contributed by atoms with Gasteiger partial charge in [-0.15, -0.1) is 0 Å². The third kappa shape index (κ3) is 2.42. The molecule has 0 radical (unpaired) electrons. The zero-order valence-corrected chi connectivity index (χ0v) is 10.3. The van der Waals surface area contributed by atoms with Crippen LogP contribution in [0.15, 0.2) is 24.3 Å². The number of anilines is 2. The van der Waals surface area contributed by atoms with E-state index in [1.807, 2.05) is 43.3 Å². The molecule has 0 aromatic heterocycles. The number of carbonyl (C=O) groups is 1. The fourth-order valence-corrected chi connectivity index (χ4v) is 2.09. The monoisotopic (exact) mass is 234 g/mol. The summed E-state index contributed by atoms with van der Waals surface area (Å²) in [6, 6.07) is 7.89. The summed E-state index contributed by atoms with van der Waals surface area (Å²) in [7, 11) is 3.95. The quantitative estimate of drug-likeness (QED) is 0.851. The molecular formula is C13H18N2O2. The van der Waals surface area contributed by atoms with E-state index in [0.717, 1.165) is 11.4 Å².